The van der Waals surface area contributed by atoms with Crippen LogP contribution in [0.25, 0.3) is 0 Å². The van der Waals surface area contributed by atoms with E-state index in [4.69, 9.17) is 0 Å². The predicted octanol–water partition coefficient (Wildman–Crippen LogP) is 3.98. The zero-order valence-electron chi connectivity index (χ0n) is 17.3. The Hall–Kier alpha value is -1.39. The summed E-state index contributed by atoms with van der Waals surface area (Å²) >= 11 is 0. The van der Waals surface area contributed by atoms with Crippen LogP contribution in [0.15, 0.2) is 30.3 Å². The Balaban J connectivity index is 1.30. The summed E-state index contributed by atoms with van der Waals surface area (Å²) in [7, 11) is 0. The van der Waals surface area contributed by atoms with Gasteiger partial charge in [0.05, 0.1) is 12.6 Å². The van der Waals surface area contributed by atoms with Crippen molar-refractivity contribution in [1.82, 2.24) is 15.1 Å². The Labute approximate surface area is 170 Å². The van der Waals surface area contributed by atoms with Gasteiger partial charge in [-0.05, 0) is 37.2 Å². The van der Waals surface area contributed by atoms with E-state index < -0.39 is 0 Å². The van der Waals surface area contributed by atoms with Crippen molar-refractivity contribution in [2.75, 3.05) is 32.7 Å². The average Bonchev–Trinajstić information content (AvgIpc) is 3.29. The van der Waals surface area contributed by atoms with Gasteiger partial charge in [-0.15, -0.1) is 0 Å². The van der Waals surface area contributed by atoms with Gasteiger partial charge in [0.25, 0.3) is 0 Å². The maximum atomic E-state index is 12.9. The number of benzene rings is 1. The van der Waals surface area contributed by atoms with E-state index in [0.717, 1.165) is 32.2 Å². The second-order valence-corrected chi connectivity index (χ2v) is 9.10. The fourth-order valence-electron chi connectivity index (χ4n) is 5.58. The number of carbonyl (C=O) groups is 1. The smallest absolute Gasteiger partial charge is 0.234 e. The standard InChI is InChI=1S/C24H37N3O/c28-23(19-26-15-17-27(18-16-26)22-13-7-8-14-22)25-24(20-9-3-1-4-10-20)21-11-5-2-6-12-21/h1,3-4,9-10,21-22,24H,2,5-8,11-19H2,(H,25,28). The minimum Gasteiger partial charge on any atom is -0.348 e. The predicted molar refractivity (Wildman–Crippen MR) is 114 cm³/mol. The first-order valence-corrected chi connectivity index (χ1v) is 11.6. The number of piperazine rings is 1. The van der Waals surface area contributed by atoms with Crippen molar-refractivity contribution in [2.24, 2.45) is 5.92 Å². The second kappa shape index (κ2) is 9.89. The Morgan fingerprint density at radius 3 is 2.21 bits per heavy atom. The van der Waals surface area contributed by atoms with E-state index >= 15 is 0 Å². The highest BCUT2D eigenvalue weighted by molar-refractivity contribution is 5.78. The highest BCUT2D eigenvalue weighted by atomic mass is 16.2. The molecule has 4 heteroatoms. The van der Waals surface area contributed by atoms with Gasteiger partial charge in [-0.3, -0.25) is 14.6 Å². The normalized spacial score (nSPS) is 24.3. The summed E-state index contributed by atoms with van der Waals surface area (Å²) in [5.74, 6) is 0.785. The lowest BCUT2D eigenvalue weighted by Crippen LogP contribution is -2.52. The van der Waals surface area contributed by atoms with Crippen LogP contribution in [0.5, 0.6) is 0 Å². The number of hydrogen-bond donors (Lipinski definition) is 1. The van der Waals surface area contributed by atoms with E-state index in [1.807, 2.05) is 0 Å². The van der Waals surface area contributed by atoms with Crippen molar-refractivity contribution in [2.45, 2.75) is 69.9 Å². The van der Waals surface area contributed by atoms with Crippen molar-refractivity contribution in [3.8, 4) is 0 Å². The summed E-state index contributed by atoms with van der Waals surface area (Å²) in [5, 5.41) is 3.42. The van der Waals surface area contributed by atoms with E-state index in [2.05, 4.69) is 45.4 Å². The first-order chi connectivity index (χ1) is 13.8. The lowest BCUT2D eigenvalue weighted by atomic mass is 9.81. The van der Waals surface area contributed by atoms with Gasteiger partial charge in [0.2, 0.25) is 5.91 Å². The molecule has 1 saturated heterocycles. The third kappa shape index (κ3) is 5.15. The number of hydrogen-bond acceptors (Lipinski definition) is 3. The quantitative estimate of drug-likeness (QED) is 0.807. The minimum atomic E-state index is 0.175. The maximum Gasteiger partial charge on any atom is 0.234 e. The van der Waals surface area contributed by atoms with Crippen LogP contribution in [0.4, 0.5) is 0 Å². The van der Waals surface area contributed by atoms with Gasteiger partial charge in [0.15, 0.2) is 0 Å². The summed E-state index contributed by atoms with van der Waals surface area (Å²) in [4.78, 5) is 17.9. The van der Waals surface area contributed by atoms with E-state index in [9.17, 15) is 4.79 Å². The molecule has 0 aromatic heterocycles. The molecule has 0 radical (unpaired) electrons. The molecule has 3 aliphatic rings. The Kier molecular flexibility index (Phi) is 7.03. The SMILES string of the molecule is O=C(CN1CCN(C2CCCC2)CC1)NC(c1ccccc1)C1CCCCC1. The molecule has 0 spiro atoms. The van der Waals surface area contributed by atoms with Crippen LogP contribution in [0.2, 0.25) is 0 Å². The molecule has 1 unspecified atom stereocenters. The van der Waals surface area contributed by atoms with Crippen LogP contribution >= 0.6 is 0 Å². The fourth-order valence-corrected chi connectivity index (χ4v) is 5.58. The van der Waals surface area contributed by atoms with Crippen LogP contribution in [0.3, 0.4) is 0 Å². The summed E-state index contributed by atoms with van der Waals surface area (Å²) < 4.78 is 0. The molecule has 2 aliphatic carbocycles. The first-order valence-electron chi connectivity index (χ1n) is 11.6. The van der Waals surface area contributed by atoms with E-state index in [1.165, 1.54) is 63.4 Å². The number of carbonyl (C=O) groups excluding carboxylic acids is 1. The Bertz CT molecular complexity index is 600. The number of nitrogens with zero attached hydrogens (tertiary/aromatic N) is 2. The number of nitrogens with one attached hydrogen (secondary N) is 1. The van der Waals surface area contributed by atoms with Gasteiger partial charge in [-0.2, -0.15) is 0 Å². The third-order valence-corrected chi connectivity index (χ3v) is 7.21. The fraction of sp³-hybridized carbons (Fsp3) is 0.708. The molecule has 1 aliphatic heterocycles. The molecule has 4 nitrogen and oxygen atoms in total. The van der Waals surface area contributed by atoms with Gasteiger partial charge < -0.3 is 5.32 Å². The monoisotopic (exact) mass is 383 g/mol. The van der Waals surface area contributed by atoms with Crippen molar-refractivity contribution < 1.29 is 4.79 Å². The molecule has 2 saturated carbocycles. The summed E-state index contributed by atoms with van der Waals surface area (Å²) in [5.41, 5.74) is 1.27. The Morgan fingerprint density at radius 2 is 1.54 bits per heavy atom. The zero-order valence-corrected chi connectivity index (χ0v) is 17.3. The summed E-state index contributed by atoms with van der Waals surface area (Å²) in [6, 6.07) is 11.6. The molecule has 1 atom stereocenters. The number of rotatable bonds is 6. The molecule has 1 aromatic carbocycles. The molecule has 4 rings (SSSR count). The molecular weight excluding hydrogens is 346 g/mol. The molecule has 3 fully saturated rings. The Morgan fingerprint density at radius 1 is 0.893 bits per heavy atom. The summed E-state index contributed by atoms with van der Waals surface area (Å²) in [6.45, 7) is 4.87. The molecule has 28 heavy (non-hydrogen) atoms. The average molecular weight is 384 g/mol. The van der Waals surface area contributed by atoms with Crippen molar-refractivity contribution in [3.05, 3.63) is 35.9 Å². The third-order valence-electron chi connectivity index (χ3n) is 7.21. The molecule has 1 heterocycles. The molecule has 1 aromatic rings. The van der Waals surface area contributed by atoms with Gasteiger partial charge in [-0.25, -0.2) is 0 Å². The van der Waals surface area contributed by atoms with Crippen LogP contribution in [0, 0.1) is 5.92 Å². The van der Waals surface area contributed by atoms with Crippen LogP contribution in [-0.2, 0) is 4.79 Å². The summed E-state index contributed by atoms with van der Waals surface area (Å²) in [6.07, 6.45) is 12.0. The van der Waals surface area contributed by atoms with E-state index in [1.54, 1.807) is 0 Å². The first kappa shape index (κ1) is 19.9. The topological polar surface area (TPSA) is 35.6 Å². The minimum absolute atomic E-state index is 0.175. The molecule has 1 amide bonds. The molecule has 0 bridgehead atoms. The van der Waals surface area contributed by atoms with Crippen molar-refractivity contribution in [1.29, 1.82) is 0 Å². The molecule has 154 valence electrons. The maximum absolute atomic E-state index is 12.9. The molecular formula is C24H37N3O. The van der Waals surface area contributed by atoms with E-state index in [-0.39, 0.29) is 11.9 Å². The van der Waals surface area contributed by atoms with Gasteiger partial charge in [-0.1, -0.05) is 62.4 Å². The largest absolute Gasteiger partial charge is 0.348 e. The van der Waals surface area contributed by atoms with Crippen molar-refractivity contribution >= 4 is 5.91 Å². The van der Waals surface area contributed by atoms with Gasteiger partial charge >= 0.3 is 0 Å². The molecule has 1 N–H and O–H groups in total. The zero-order chi connectivity index (χ0) is 19.2. The number of amides is 1. The second-order valence-electron chi connectivity index (χ2n) is 9.10. The van der Waals surface area contributed by atoms with Gasteiger partial charge in [0.1, 0.15) is 0 Å². The lowest BCUT2D eigenvalue weighted by Gasteiger charge is -2.38. The van der Waals surface area contributed by atoms with E-state index in [0.29, 0.717) is 12.5 Å². The van der Waals surface area contributed by atoms with Gasteiger partial charge in [0, 0.05) is 32.2 Å². The van der Waals surface area contributed by atoms with Crippen molar-refractivity contribution in [3.63, 3.8) is 0 Å². The highest BCUT2D eigenvalue weighted by Crippen LogP contribution is 2.34. The van der Waals surface area contributed by atoms with Crippen LogP contribution in [-0.4, -0.2) is 54.5 Å². The highest BCUT2D eigenvalue weighted by Gasteiger charge is 2.29. The van der Waals surface area contributed by atoms with Crippen LogP contribution < -0.4 is 5.32 Å². The van der Waals surface area contributed by atoms with Crippen LogP contribution in [0.1, 0.15) is 69.4 Å². The lowest BCUT2D eigenvalue weighted by molar-refractivity contribution is -0.124.